The second kappa shape index (κ2) is 7.10. The number of rotatable bonds is 7. The molecule has 0 amide bonds. The summed E-state index contributed by atoms with van der Waals surface area (Å²) in [5.74, 6) is -0.207. The third kappa shape index (κ3) is 4.22. The van der Waals surface area contributed by atoms with Crippen molar-refractivity contribution in [1.82, 2.24) is 0 Å². The topological polar surface area (TPSA) is 37.3 Å². The van der Waals surface area contributed by atoms with Crippen LogP contribution in [-0.4, -0.2) is 11.1 Å². The van der Waals surface area contributed by atoms with Crippen LogP contribution < -0.4 is 0 Å². The molecular weight excluding hydrogens is 212 g/mol. The molecule has 1 N–H and O–H groups in total. The average molecular weight is 234 g/mol. The maximum absolute atomic E-state index is 11.1. The summed E-state index contributed by atoms with van der Waals surface area (Å²) >= 11 is 0. The maximum atomic E-state index is 11.1. The van der Waals surface area contributed by atoms with Crippen LogP contribution in [0.15, 0.2) is 24.3 Å². The lowest BCUT2D eigenvalue weighted by molar-refractivity contribution is 0.0695. The first-order chi connectivity index (χ1) is 8.19. The smallest absolute Gasteiger partial charge is 0.335 e. The highest BCUT2D eigenvalue weighted by Gasteiger charge is 2.13. The molecule has 0 saturated carbocycles. The summed E-state index contributed by atoms with van der Waals surface area (Å²) in [6.07, 6.45) is 5.64. The highest BCUT2D eigenvalue weighted by Crippen LogP contribution is 2.20. The summed E-state index contributed by atoms with van der Waals surface area (Å²) < 4.78 is 0. The quantitative estimate of drug-likeness (QED) is 0.769. The van der Waals surface area contributed by atoms with Crippen LogP contribution in [0, 0.1) is 5.92 Å². The van der Waals surface area contributed by atoms with Gasteiger partial charge in [0.1, 0.15) is 0 Å². The van der Waals surface area contributed by atoms with Crippen molar-refractivity contribution in [2.24, 2.45) is 5.92 Å². The number of carboxylic acid groups (broad SMARTS) is 1. The molecule has 0 fully saturated rings. The van der Waals surface area contributed by atoms with Gasteiger partial charge in [-0.2, -0.15) is 0 Å². The van der Waals surface area contributed by atoms with Crippen LogP contribution in [0.3, 0.4) is 0 Å². The van der Waals surface area contributed by atoms with Gasteiger partial charge in [-0.05, 0) is 24.0 Å². The van der Waals surface area contributed by atoms with Crippen molar-refractivity contribution in [2.75, 3.05) is 0 Å². The van der Waals surface area contributed by atoms with E-state index in [2.05, 4.69) is 13.8 Å². The molecule has 0 bridgehead atoms. The molecule has 0 aliphatic rings. The first-order valence-electron chi connectivity index (χ1n) is 6.50. The van der Waals surface area contributed by atoms with Crippen molar-refractivity contribution in [1.29, 1.82) is 0 Å². The third-order valence-electron chi connectivity index (χ3n) is 3.30. The normalized spacial score (nSPS) is 12.4. The summed E-state index contributed by atoms with van der Waals surface area (Å²) in [7, 11) is 0. The van der Waals surface area contributed by atoms with Crippen molar-refractivity contribution >= 4 is 5.97 Å². The molecule has 0 spiro atoms. The third-order valence-corrected chi connectivity index (χ3v) is 3.30. The van der Waals surface area contributed by atoms with Crippen LogP contribution in [0.5, 0.6) is 0 Å². The maximum Gasteiger partial charge on any atom is 0.335 e. The second-order valence-corrected chi connectivity index (χ2v) is 4.58. The van der Waals surface area contributed by atoms with Crippen LogP contribution in [-0.2, 0) is 6.42 Å². The predicted molar refractivity (Wildman–Crippen MR) is 70.4 cm³/mol. The average Bonchev–Trinajstić information content (AvgIpc) is 2.34. The van der Waals surface area contributed by atoms with Crippen molar-refractivity contribution in [2.45, 2.75) is 46.0 Å². The fourth-order valence-electron chi connectivity index (χ4n) is 2.16. The van der Waals surface area contributed by atoms with Gasteiger partial charge in [-0.25, -0.2) is 4.79 Å². The van der Waals surface area contributed by atoms with E-state index in [1.54, 1.807) is 12.1 Å². The van der Waals surface area contributed by atoms with Crippen molar-refractivity contribution in [3.63, 3.8) is 0 Å². The summed E-state index contributed by atoms with van der Waals surface area (Å²) in [6.45, 7) is 4.38. The minimum absolute atomic E-state index is 0.461. The van der Waals surface area contributed by atoms with Crippen molar-refractivity contribution in [3.8, 4) is 0 Å². The number of aromatic carboxylic acids is 1. The fraction of sp³-hybridized carbons (Fsp3) is 0.533. The molecule has 1 rings (SSSR count). The van der Waals surface area contributed by atoms with Gasteiger partial charge in [0.2, 0.25) is 0 Å². The predicted octanol–water partition coefficient (Wildman–Crippen LogP) is 4.14. The minimum atomic E-state index is -0.814. The lowest BCUT2D eigenvalue weighted by atomic mass is 9.90. The SMILES string of the molecule is CCCCC(CC)Cc1ccccc1C(=O)O. The Hall–Kier alpha value is -1.31. The summed E-state index contributed by atoms with van der Waals surface area (Å²) in [6, 6.07) is 7.36. The van der Waals surface area contributed by atoms with Gasteiger partial charge >= 0.3 is 5.97 Å². The van der Waals surface area contributed by atoms with E-state index in [1.165, 1.54) is 19.3 Å². The standard InChI is InChI=1S/C15H22O2/c1-3-5-8-12(4-2)11-13-9-6-7-10-14(13)15(16)17/h6-7,9-10,12H,3-5,8,11H2,1-2H3,(H,16,17). The van der Waals surface area contributed by atoms with Gasteiger partial charge in [-0.15, -0.1) is 0 Å². The molecule has 1 aromatic carbocycles. The number of unbranched alkanes of at least 4 members (excludes halogenated alkanes) is 1. The second-order valence-electron chi connectivity index (χ2n) is 4.58. The zero-order valence-electron chi connectivity index (χ0n) is 10.8. The Morgan fingerprint density at radius 1 is 1.29 bits per heavy atom. The van der Waals surface area contributed by atoms with E-state index >= 15 is 0 Å². The van der Waals surface area contributed by atoms with E-state index in [-0.39, 0.29) is 0 Å². The van der Waals surface area contributed by atoms with E-state index in [0.29, 0.717) is 11.5 Å². The van der Waals surface area contributed by atoms with Crippen LogP contribution in [0.2, 0.25) is 0 Å². The van der Waals surface area contributed by atoms with Crippen molar-refractivity contribution in [3.05, 3.63) is 35.4 Å². The van der Waals surface area contributed by atoms with Gasteiger partial charge in [0.25, 0.3) is 0 Å². The van der Waals surface area contributed by atoms with E-state index in [1.807, 2.05) is 12.1 Å². The molecule has 2 nitrogen and oxygen atoms in total. The van der Waals surface area contributed by atoms with E-state index in [0.717, 1.165) is 18.4 Å². The van der Waals surface area contributed by atoms with Gasteiger partial charge in [0.05, 0.1) is 5.56 Å². The molecule has 17 heavy (non-hydrogen) atoms. The lowest BCUT2D eigenvalue weighted by Gasteiger charge is -2.15. The highest BCUT2D eigenvalue weighted by atomic mass is 16.4. The molecule has 0 aromatic heterocycles. The molecule has 1 atom stereocenters. The van der Waals surface area contributed by atoms with Crippen LogP contribution >= 0.6 is 0 Å². The fourth-order valence-corrected chi connectivity index (χ4v) is 2.16. The molecule has 1 unspecified atom stereocenters. The number of carboxylic acids is 1. The summed E-state index contributed by atoms with van der Waals surface area (Å²) in [5.41, 5.74) is 1.44. The first kappa shape index (κ1) is 13.8. The summed E-state index contributed by atoms with van der Waals surface area (Å²) in [4.78, 5) is 11.1. The van der Waals surface area contributed by atoms with E-state index < -0.39 is 5.97 Å². The largest absolute Gasteiger partial charge is 0.478 e. The molecule has 0 saturated heterocycles. The van der Waals surface area contributed by atoms with Gasteiger partial charge < -0.3 is 5.11 Å². The number of benzene rings is 1. The Balaban J connectivity index is 2.75. The molecule has 0 aliphatic carbocycles. The molecule has 0 radical (unpaired) electrons. The minimum Gasteiger partial charge on any atom is -0.478 e. The molecule has 2 heteroatoms. The number of carbonyl (C=O) groups is 1. The van der Waals surface area contributed by atoms with Gasteiger partial charge in [-0.1, -0.05) is 57.7 Å². The highest BCUT2D eigenvalue weighted by molar-refractivity contribution is 5.89. The Morgan fingerprint density at radius 2 is 2.00 bits per heavy atom. The Labute approximate surface area is 104 Å². The van der Waals surface area contributed by atoms with Crippen LogP contribution in [0.1, 0.15) is 55.5 Å². The zero-order valence-corrected chi connectivity index (χ0v) is 10.8. The Bertz CT molecular complexity index is 358. The number of hydrogen-bond donors (Lipinski definition) is 1. The van der Waals surface area contributed by atoms with Gasteiger partial charge in [-0.3, -0.25) is 0 Å². The van der Waals surface area contributed by atoms with Gasteiger partial charge in [0, 0.05) is 0 Å². The number of hydrogen-bond acceptors (Lipinski definition) is 1. The van der Waals surface area contributed by atoms with Crippen molar-refractivity contribution < 1.29 is 9.90 Å². The Kier molecular flexibility index (Phi) is 5.75. The molecule has 0 heterocycles. The molecular formula is C15H22O2. The molecule has 94 valence electrons. The first-order valence-corrected chi connectivity index (χ1v) is 6.50. The molecule has 1 aromatic rings. The Morgan fingerprint density at radius 3 is 2.59 bits per heavy atom. The van der Waals surface area contributed by atoms with Gasteiger partial charge in [0.15, 0.2) is 0 Å². The van der Waals surface area contributed by atoms with Crippen LogP contribution in [0.4, 0.5) is 0 Å². The van der Waals surface area contributed by atoms with E-state index in [9.17, 15) is 4.79 Å². The van der Waals surface area contributed by atoms with E-state index in [4.69, 9.17) is 5.11 Å². The zero-order chi connectivity index (χ0) is 12.7. The van der Waals surface area contributed by atoms with Crippen LogP contribution in [0.25, 0.3) is 0 Å². The lowest BCUT2D eigenvalue weighted by Crippen LogP contribution is -2.08. The molecule has 0 aliphatic heterocycles. The summed E-state index contributed by atoms with van der Waals surface area (Å²) in [5, 5.41) is 9.13. The monoisotopic (exact) mass is 234 g/mol.